The smallest absolute Gasteiger partial charge is 0.136 e. The Morgan fingerprint density at radius 3 is 2.43 bits per heavy atom. The van der Waals surface area contributed by atoms with E-state index in [1.165, 1.54) is 19.3 Å². The van der Waals surface area contributed by atoms with Gasteiger partial charge in [0.05, 0.1) is 0 Å². The molecule has 0 saturated heterocycles. The zero-order valence-electron chi connectivity index (χ0n) is 13.5. The second kappa shape index (κ2) is 8.17. The SMILES string of the molecule is CCNc1nc(C2CC2)nc(NCCCCCOC)c1C. The van der Waals surface area contributed by atoms with Crippen molar-refractivity contribution >= 4 is 11.6 Å². The summed E-state index contributed by atoms with van der Waals surface area (Å²) in [5, 5.41) is 6.83. The number of ether oxygens (including phenoxy) is 1. The molecule has 118 valence electrons. The molecule has 2 N–H and O–H groups in total. The molecule has 0 aromatic carbocycles. The van der Waals surface area contributed by atoms with Crippen LogP contribution in [0.3, 0.4) is 0 Å². The number of nitrogens with one attached hydrogen (secondary N) is 2. The Morgan fingerprint density at radius 1 is 1.10 bits per heavy atom. The molecule has 5 nitrogen and oxygen atoms in total. The molecule has 5 heteroatoms. The first-order chi connectivity index (χ1) is 10.3. The zero-order valence-corrected chi connectivity index (χ0v) is 13.5. The molecular weight excluding hydrogens is 264 g/mol. The fourth-order valence-electron chi connectivity index (χ4n) is 2.32. The lowest BCUT2D eigenvalue weighted by Crippen LogP contribution is -2.11. The van der Waals surface area contributed by atoms with Crippen molar-refractivity contribution in [2.75, 3.05) is 37.4 Å². The molecule has 0 atom stereocenters. The highest BCUT2D eigenvalue weighted by Crippen LogP contribution is 2.39. The van der Waals surface area contributed by atoms with E-state index < -0.39 is 0 Å². The molecular formula is C16H28N4O. The average molecular weight is 292 g/mol. The monoisotopic (exact) mass is 292 g/mol. The largest absolute Gasteiger partial charge is 0.385 e. The normalized spacial score (nSPS) is 14.2. The van der Waals surface area contributed by atoms with Crippen molar-refractivity contribution in [3.05, 3.63) is 11.4 Å². The summed E-state index contributed by atoms with van der Waals surface area (Å²) in [5.41, 5.74) is 1.12. The number of anilines is 2. The van der Waals surface area contributed by atoms with Gasteiger partial charge in [-0.25, -0.2) is 9.97 Å². The Balaban J connectivity index is 1.93. The van der Waals surface area contributed by atoms with E-state index in [4.69, 9.17) is 9.72 Å². The zero-order chi connectivity index (χ0) is 15.1. The van der Waals surface area contributed by atoms with Gasteiger partial charge in [-0.3, -0.25) is 0 Å². The van der Waals surface area contributed by atoms with E-state index in [0.29, 0.717) is 5.92 Å². The van der Waals surface area contributed by atoms with Gasteiger partial charge in [-0.05, 0) is 46.0 Å². The number of hydrogen-bond donors (Lipinski definition) is 2. The van der Waals surface area contributed by atoms with E-state index in [2.05, 4.69) is 29.5 Å². The van der Waals surface area contributed by atoms with Crippen LogP contribution in [0.2, 0.25) is 0 Å². The van der Waals surface area contributed by atoms with Gasteiger partial charge in [0.15, 0.2) is 0 Å². The van der Waals surface area contributed by atoms with Crippen LogP contribution in [0.25, 0.3) is 0 Å². The van der Waals surface area contributed by atoms with E-state index in [1.807, 2.05) is 0 Å². The number of aromatic nitrogens is 2. The fourth-order valence-corrected chi connectivity index (χ4v) is 2.32. The van der Waals surface area contributed by atoms with Gasteiger partial charge in [0.25, 0.3) is 0 Å². The van der Waals surface area contributed by atoms with Crippen molar-refractivity contribution in [1.82, 2.24) is 9.97 Å². The molecule has 1 aromatic heterocycles. The molecule has 0 aliphatic heterocycles. The minimum Gasteiger partial charge on any atom is -0.385 e. The third-order valence-electron chi connectivity index (χ3n) is 3.77. The van der Waals surface area contributed by atoms with Crippen LogP contribution in [-0.4, -0.2) is 36.8 Å². The van der Waals surface area contributed by atoms with Gasteiger partial charge in [0.1, 0.15) is 17.5 Å². The predicted molar refractivity (Wildman–Crippen MR) is 87.1 cm³/mol. The summed E-state index contributed by atoms with van der Waals surface area (Å²) >= 11 is 0. The second-order valence-electron chi connectivity index (χ2n) is 5.69. The maximum absolute atomic E-state index is 5.07. The van der Waals surface area contributed by atoms with Gasteiger partial charge in [0.2, 0.25) is 0 Å². The molecule has 2 rings (SSSR count). The predicted octanol–water partition coefficient (Wildman–Crippen LogP) is 3.32. The highest BCUT2D eigenvalue weighted by Gasteiger charge is 2.28. The van der Waals surface area contributed by atoms with E-state index in [1.54, 1.807) is 7.11 Å². The van der Waals surface area contributed by atoms with Crippen LogP contribution in [0, 0.1) is 6.92 Å². The standard InChI is InChI=1S/C16H28N4O/c1-4-17-14-12(2)15(18-10-6-5-7-11-21-3)20-16(19-14)13-8-9-13/h13H,4-11H2,1-3H3,(H2,17,18,19,20). The van der Waals surface area contributed by atoms with Crippen LogP contribution in [0.1, 0.15) is 56.3 Å². The van der Waals surface area contributed by atoms with Crippen LogP contribution in [0.4, 0.5) is 11.6 Å². The second-order valence-corrected chi connectivity index (χ2v) is 5.69. The molecule has 0 radical (unpaired) electrons. The van der Waals surface area contributed by atoms with Gasteiger partial charge in [-0.1, -0.05) is 0 Å². The van der Waals surface area contributed by atoms with Gasteiger partial charge in [0, 0.05) is 38.3 Å². The number of rotatable bonds is 10. The fraction of sp³-hybridized carbons (Fsp3) is 0.750. The van der Waals surface area contributed by atoms with Crippen LogP contribution >= 0.6 is 0 Å². The minimum atomic E-state index is 0.574. The Labute approximate surface area is 127 Å². The van der Waals surface area contributed by atoms with Crippen molar-refractivity contribution in [2.24, 2.45) is 0 Å². The Bertz CT molecular complexity index is 446. The molecule has 1 aromatic rings. The maximum Gasteiger partial charge on any atom is 0.136 e. The first-order valence-electron chi connectivity index (χ1n) is 8.11. The molecule has 21 heavy (non-hydrogen) atoms. The summed E-state index contributed by atoms with van der Waals surface area (Å²) in [4.78, 5) is 9.40. The van der Waals surface area contributed by atoms with Crippen molar-refractivity contribution in [3.63, 3.8) is 0 Å². The van der Waals surface area contributed by atoms with Gasteiger partial charge >= 0.3 is 0 Å². The summed E-state index contributed by atoms with van der Waals surface area (Å²) in [6.07, 6.45) is 5.90. The number of unbranched alkanes of at least 4 members (excludes halogenated alkanes) is 2. The lowest BCUT2D eigenvalue weighted by atomic mass is 10.2. The van der Waals surface area contributed by atoms with E-state index in [0.717, 1.165) is 55.6 Å². The highest BCUT2D eigenvalue weighted by atomic mass is 16.5. The summed E-state index contributed by atoms with van der Waals surface area (Å²) < 4.78 is 5.07. The van der Waals surface area contributed by atoms with Gasteiger partial charge in [-0.15, -0.1) is 0 Å². The van der Waals surface area contributed by atoms with Crippen LogP contribution < -0.4 is 10.6 Å². The lowest BCUT2D eigenvalue weighted by Gasteiger charge is -2.14. The molecule has 0 amide bonds. The molecule has 1 aliphatic carbocycles. The summed E-state index contributed by atoms with van der Waals surface area (Å²) in [5.74, 6) is 3.55. The number of nitrogens with zero attached hydrogens (tertiary/aromatic N) is 2. The van der Waals surface area contributed by atoms with Crippen molar-refractivity contribution < 1.29 is 4.74 Å². The summed E-state index contributed by atoms with van der Waals surface area (Å²) in [6, 6.07) is 0. The quantitative estimate of drug-likeness (QED) is 0.648. The Morgan fingerprint density at radius 2 is 1.81 bits per heavy atom. The van der Waals surface area contributed by atoms with Crippen molar-refractivity contribution in [3.8, 4) is 0 Å². The average Bonchev–Trinajstić information content (AvgIpc) is 3.31. The third kappa shape index (κ3) is 4.84. The third-order valence-corrected chi connectivity index (χ3v) is 3.77. The lowest BCUT2D eigenvalue weighted by molar-refractivity contribution is 0.192. The van der Waals surface area contributed by atoms with Gasteiger partial charge < -0.3 is 15.4 Å². The van der Waals surface area contributed by atoms with Crippen LogP contribution in [-0.2, 0) is 4.74 Å². The van der Waals surface area contributed by atoms with Crippen molar-refractivity contribution in [2.45, 2.75) is 51.9 Å². The molecule has 0 bridgehead atoms. The summed E-state index contributed by atoms with van der Waals surface area (Å²) in [6.45, 7) is 6.88. The number of hydrogen-bond acceptors (Lipinski definition) is 5. The Hall–Kier alpha value is -1.36. The molecule has 0 spiro atoms. The molecule has 0 unspecified atom stereocenters. The highest BCUT2D eigenvalue weighted by molar-refractivity contribution is 5.57. The minimum absolute atomic E-state index is 0.574. The molecule has 1 fully saturated rings. The topological polar surface area (TPSA) is 59.1 Å². The van der Waals surface area contributed by atoms with E-state index >= 15 is 0 Å². The number of methoxy groups -OCH3 is 1. The van der Waals surface area contributed by atoms with Crippen LogP contribution in [0.15, 0.2) is 0 Å². The van der Waals surface area contributed by atoms with E-state index in [-0.39, 0.29) is 0 Å². The Kier molecular flexibility index (Phi) is 6.23. The molecule has 1 heterocycles. The van der Waals surface area contributed by atoms with Crippen LogP contribution in [0.5, 0.6) is 0 Å². The maximum atomic E-state index is 5.07. The first-order valence-corrected chi connectivity index (χ1v) is 8.11. The van der Waals surface area contributed by atoms with Crippen molar-refractivity contribution in [1.29, 1.82) is 0 Å². The first kappa shape index (κ1) is 16.0. The van der Waals surface area contributed by atoms with E-state index in [9.17, 15) is 0 Å². The molecule has 1 saturated carbocycles. The van der Waals surface area contributed by atoms with Gasteiger partial charge in [-0.2, -0.15) is 0 Å². The molecule has 1 aliphatic rings. The summed E-state index contributed by atoms with van der Waals surface area (Å²) in [7, 11) is 1.75.